The van der Waals surface area contributed by atoms with E-state index in [9.17, 15) is 0 Å². The van der Waals surface area contributed by atoms with E-state index in [-0.39, 0.29) is 6.61 Å². The van der Waals surface area contributed by atoms with Crippen molar-refractivity contribution in [2.45, 2.75) is 0 Å². The molecule has 2 nitrogen and oxygen atoms in total. The van der Waals surface area contributed by atoms with Gasteiger partial charge in [-0.15, -0.1) is 0 Å². The minimum absolute atomic E-state index is 0.264. The first-order valence-electron chi connectivity index (χ1n) is 6.64. The Bertz CT molecular complexity index is 855. The van der Waals surface area contributed by atoms with Gasteiger partial charge in [-0.05, 0) is 30.3 Å². The summed E-state index contributed by atoms with van der Waals surface area (Å²) in [5, 5.41) is 2.17. The lowest BCUT2D eigenvalue weighted by Crippen LogP contribution is -1.95. The third-order valence-electron chi connectivity index (χ3n) is 2.99. The smallest absolute Gasteiger partial charge is 0.149 e. The third kappa shape index (κ3) is 3.51. The third-order valence-corrected chi connectivity index (χ3v) is 3.43. The molecule has 0 spiro atoms. The number of ether oxygens (including phenoxy) is 1. The van der Waals surface area contributed by atoms with Crippen LogP contribution in [0.4, 0.5) is 0 Å². The van der Waals surface area contributed by atoms with Crippen LogP contribution in [0.3, 0.4) is 0 Å². The summed E-state index contributed by atoms with van der Waals surface area (Å²) in [5.41, 5.74) is 1.59. The maximum Gasteiger partial charge on any atom is 0.149 e. The van der Waals surface area contributed by atoms with Crippen molar-refractivity contribution in [2.24, 2.45) is 0 Å². The average molecular weight is 328 g/mol. The van der Waals surface area contributed by atoms with Gasteiger partial charge in [-0.2, -0.15) is 0 Å². The van der Waals surface area contributed by atoms with E-state index in [2.05, 4.69) is 16.8 Å². The van der Waals surface area contributed by atoms with E-state index < -0.39 is 0 Å². The summed E-state index contributed by atoms with van der Waals surface area (Å²) in [5.74, 6) is 6.65. The maximum atomic E-state index is 5.93. The zero-order valence-electron chi connectivity index (χ0n) is 11.5. The summed E-state index contributed by atoms with van der Waals surface area (Å²) < 4.78 is 5.70. The Balaban J connectivity index is 1.74. The number of rotatable bonds is 2. The Morgan fingerprint density at radius 1 is 1.00 bits per heavy atom. The molecule has 0 aliphatic heterocycles. The predicted octanol–water partition coefficient (Wildman–Crippen LogP) is 4.97. The largest absolute Gasteiger partial charge is 0.479 e. The van der Waals surface area contributed by atoms with Gasteiger partial charge in [0, 0.05) is 27.2 Å². The van der Waals surface area contributed by atoms with Crippen molar-refractivity contribution in [1.82, 2.24) is 4.98 Å². The van der Waals surface area contributed by atoms with Gasteiger partial charge in [0.2, 0.25) is 0 Å². The predicted molar refractivity (Wildman–Crippen MR) is 90.6 cm³/mol. The number of fused-ring (bicyclic) bond motifs is 1. The lowest BCUT2D eigenvalue weighted by molar-refractivity contribution is 0.374. The summed E-state index contributed by atoms with van der Waals surface area (Å²) >= 11 is 11.9. The molecule has 0 aliphatic carbocycles. The van der Waals surface area contributed by atoms with Gasteiger partial charge in [0.25, 0.3) is 0 Å². The number of pyridine rings is 1. The van der Waals surface area contributed by atoms with Crippen molar-refractivity contribution >= 4 is 34.1 Å². The molecule has 108 valence electrons. The van der Waals surface area contributed by atoms with Crippen LogP contribution >= 0.6 is 23.2 Å². The molecule has 0 amide bonds. The molecule has 2 aromatic carbocycles. The molecule has 0 unspecified atom stereocenters. The van der Waals surface area contributed by atoms with Crippen LogP contribution in [0.25, 0.3) is 10.9 Å². The van der Waals surface area contributed by atoms with Gasteiger partial charge in [-0.25, -0.2) is 0 Å². The van der Waals surface area contributed by atoms with Gasteiger partial charge < -0.3 is 4.74 Å². The Kier molecular flexibility index (Phi) is 4.48. The molecule has 0 fully saturated rings. The molecular formula is C18H11Cl2NO. The molecule has 3 aromatic rings. The summed E-state index contributed by atoms with van der Waals surface area (Å²) in [6, 6.07) is 14.9. The quantitative estimate of drug-likeness (QED) is 0.620. The number of hydrogen-bond acceptors (Lipinski definition) is 2. The van der Waals surface area contributed by atoms with Crippen LogP contribution < -0.4 is 4.74 Å². The van der Waals surface area contributed by atoms with Crippen molar-refractivity contribution in [3.63, 3.8) is 0 Å². The summed E-state index contributed by atoms with van der Waals surface area (Å²) in [7, 11) is 0. The minimum atomic E-state index is 0.264. The first kappa shape index (κ1) is 14.7. The van der Waals surface area contributed by atoms with Gasteiger partial charge in [0.05, 0.1) is 0 Å². The van der Waals surface area contributed by atoms with Crippen molar-refractivity contribution in [3.05, 3.63) is 70.3 Å². The molecule has 0 atom stereocenters. The van der Waals surface area contributed by atoms with Crippen LogP contribution in [-0.2, 0) is 0 Å². The monoisotopic (exact) mass is 327 g/mol. The molecule has 0 N–H and O–H groups in total. The Morgan fingerprint density at radius 3 is 2.59 bits per heavy atom. The maximum absolute atomic E-state index is 5.93. The van der Waals surface area contributed by atoms with Crippen molar-refractivity contribution in [1.29, 1.82) is 0 Å². The second kappa shape index (κ2) is 6.70. The molecular weight excluding hydrogens is 317 g/mol. The molecule has 0 bridgehead atoms. The number of hydrogen-bond donors (Lipinski definition) is 0. The molecule has 1 heterocycles. The number of nitrogens with zero attached hydrogens (tertiary/aromatic N) is 1. The van der Waals surface area contributed by atoms with Gasteiger partial charge in [-0.3, -0.25) is 4.98 Å². The number of halogens is 2. The van der Waals surface area contributed by atoms with Crippen molar-refractivity contribution in [2.75, 3.05) is 6.61 Å². The second-order valence-electron chi connectivity index (χ2n) is 4.58. The second-order valence-corrected chi connectivity index (χ2v) is 5.45. The minimum Gasteiger partial charge on any atom is -0.479 e. The van der Waals surface area contributed by atoms with E-state index in [0.717, 1.165) is 22.2 Å². The van der Waals surface area contributed by atoms with E-state index in [1.807, 2.05) is 30.3 Å². The lowest BCUT2D eigenvalue weighted by atomic mass is 10.2. The van der Waals surface area contributed by atoms with E-state index in [0.29, 0.717) is 10.0 Å². The Morgan fingerprint density at radius 2 is 1.77 bits per heavy atom. The van der Waals surface area contributed by atoms with Gasteiger partial charge in [-0.1, -0.05) is 53.2 Å². The topological polar surface area (TPSA) is 22.1 Å². The van der Waals surface area contributed by atoms with Crippen LogP contribution in [0.1, 0.15) is 5.56 Å². The van der Waals surface area contributed by atoms with Gasteiger partial charge in [0.15, 0.2) is 0 Å². The molecule has 4 heteroatoms. The SMILES string of the molecule is Clc1cc(Cl)cc(C#CCOc2cccc3cccnc23)c1. The van der Waals surface area contributed by atoms with Gasteiger partial charge in [0.1, 0.15) is 17.9 Å². The zero-order valence-corrected chi connectivity index (χ0v) is 13.0. The van der Waals surface area contributed by atoms with Crippen molar-refractivity contribution in [3.8, 4) is 17.6 Å². The van der Waals surface area contributed by atoms with E-state index in [1.165, 1.54) is 0 Å². The molecule has 0 saturated heterocycles. The number of benzene rings is 2. The highest BCUT2D eigenvalue weighted by Crippen LogP contribution is 2.22. The number of para-hydroxylation sites is 1. The standard InChI is InChI=1S/C18H11Cl2NO/c19-15-10-13(11-16(20)12-15)4-3-9-22-17-7-1-5-14-6-2-8-21-18(14)17/h1-2,5-8,10-12H,9H2. The Labute approximate surface area is 138 Å². The summed E-state index contributed by atoms with van der Waals surface area (Å²) in [6.45, 7) is 0.264. The lowest BCUT2D eigenvalue weighted by Gasteiger charge is -2.05. The fourth-order valence-electron chi connectivity index (χ4n) is 2.07. The van der Waals surface area contributed by atoms with E-state index in [1.54, 1.807) is 24.4 Å². The number of aromatic nitrogens is 1. The highest BCUT2D eigenvalue weighted by molar-refractivity contribution is 6.34. The molecule has 0 radical (unpaired) electrons. The first-order valence-corrected chi connectivity index (χ1v) is 7.39. The Hall–Kier alpha value is -2.21. The fourth-order valence-corrected chi connectivity index (χ4v) is 2.60. The van der Waals surface area contributed by atoms with Gasteiger partial charge >= 0.3 is 0 Å². The van der Waals surface area contributed by atoms with Crippen LogP contribution in [0, 0.1) is 11.8 Å². The van der Waals surface area contributed by atoms with Crippen LogP contribution in [0.5, 0.6) is 5.75 Å². The molecule has 0 saturated carbocycles. The zero-order chi connectivity index (χ0) is 15.4. The molecule has 1 aromatic heterocycles. The summed E-state index contributed by atoms with van der Waals surface area (Å²) in [4.78, 5) is 4.33. The summed E-state index contributed by atoms with van der Waals surface area (Å²) in [6.07, 6.45) is 1.74. The highest BCUT2D eigenvalue weighted by atomic mass is 35.5. The highest BCUT2D eigenvalue weighted by Gasteiger charge is 2.01. The van der Waals surface area contributed by atoms with E-state index >= 15 is 0 Å². The molecule has 3 rings (SSSR count). The van der Waals surface area contributed by atoms with Crippen molar-refractivity contribution < 1.29 is 4.74 Å². The first-order chi connectivity index (χ1) is 10.7. The van der Waals surface area contributed by atoms with Crippen LogP contribution in [0.15, 0.2) is 54.7 Å². The average Bonchev–Trinajstić information content (AvgIpc) is 2.51. The van der Waals surface area contributed by atoms with Crippen LogP contribution in [0.2, 0.25) is 10.0 Å². The fraction of sp³-hybridized carbons (Fsp3) is 0.0556. The van der Waals surface area contributed by atoms with Crippen LogP contribution in [-0.4, -0.2) is 11.6 Å². The molecule has 0 aliphatic rings. The van der Waals surface area contributed by atoms with E-state index in [4.69, 9.17) is 27.9 Å². The molecule has 22 heavy (non-hydrogen) atoms. The normalized spacial score (nSPS) is 10.1.